The maximum Gasteiger partial charge on any atom is 0.191 e. The van der Waals surface area contributed by atoms with E-state index in [0.717, 1.165) is 49.9 Å². The van der Waals surface area contributed by atoms with Crippen LogP contribution in [-0.2, 0) is 0 Å². The fourth-order valence-corrected chi connectivity index (χ4v) is 5.22. The van der Waals surface area contributed by atoms with E-state index in [-0.39, 0.29) is 0 Å². The molecule has 1 saturated heterocycles. The van der Waals surface area contributed by atoms with Gasteiger partial charge in [0.15, 0.2) is 5.96 Å². The van der Waals surface area contributed by atoms with E-state index < -0.39 is 0 Å². The highest BCUT2D eigenvalue weighted by atomic mass is 32.2. The first-order chi connectivity index (χ1) is 14.2. The summed E-state index contributed by atoms with van der Waals surface area (Å²) in [5.41, 5.74) is 0. The highest BCUT2D eigenvalue weighted by Crippen LogP contribution is 2.30. The maximum atomic E-state index is 5.44. The topological polar surface area (TPSA) is 48.9 Å². The standard InChI is InChI=1S/C22H32N4OS2/c1-17(16-29-20-8-5-4-7-19(20)27-3)15-24-22(23-2)25-18-10-12-26(13-11-18)21-9-6-14-28-21/h4-9,14,17-18H,10-13,15-16H2,1-3H3,(H2,23,24,25). The number of benzene rings is 1. The quantitative estimate of drug-likeness (QED) is 0.370. The molecule has 1 aromatic carbocycles. The molecule has 1 aliphatic heterocycles. The number of para-hydroxylation sites is 1. The third kappa shape index (κ3) is 6.57. The summed E-state index contributed by atoms with van der Waals surface area (Å²) >= 11 is 3.67. The van der Waals surface area contributed by atoms with Crippen LogP contribution in [0.4, 0.5) is 5.00 Å². The number of nitrogens with zero attached hydrogens (tertiary/aromatic N) is 2. The number of ether oxygens (including phenoxy) is 1. The zero-order valence-electron chi connectivity index (χ0n) is 17.6. The van der Waals surface area contributed by atoms with Crippen LogP contribution in [0.1, 0.15) is 19.8 Å². The minimum atomic E-state index is 0.482. The average molecular weight is 433 g/mol. The van der Waals surface area contributed by atoms with E-state index in [1.807, 2.05) is 42.3 Å². The van der Waals surface area contributed by atoms with Crippen molar-refractivity contribution in [2.75, 3.05) is 44.4 Å². The number of nitrogens with one attached hydrogen (secondary N) is 2. The van der Waals surface area contributed by atoms with E-state index in [1.54, 1.807) is 7.11 Å². The summed E-state index contributed by atoms with van der Waals surface area (Å²) in [6.45, 7) is 5.36. The van der Waals surface area contributed by atoms with Gasteiger partial charge in [0, 0.05) is 43.4 Å². The molecular weight excluding hydrogens is 400 g/mol. The van der Waals surface area contributed by atoms with Gasteiger partial charge in [0.2, 0.25) is 0 Å². The van der Waals surface area contributed by atoms with E-state index in [1.165, 1.54) is 9.90 Å². The minimum Gasteiger partial charge on any atom is -0.496 e. The molecule has 0 aliphatic carbocycles. The summed E-state index contributed by atoms with van der Waals surface area (Å²) in [4.78, 5) is 8.10. The average Bonchev–Trinajstić information content (AvgIpc) is 3.30. The van der Waals surface area contributed by atoms with E-state index in [0.29, 0.717) is 12.0 Å². The Morgan fingerprint density at radius 3 is 2.76 bits per heavy atom. The summed E-state index contributed by atoms with van der Waals surface area (Å²) in [7, 11) is 3.58. The summed E-state index contributed by atoms with van der Waals surface area (Å²) in [6.07, 6.45) is 2.27. The summed E-state index contributed by atoms with van der Waals surface area (Å²) < 4.78 is 5.44. The van der Waals surface area contributed by atoms with Gasteiger partial charge in [-0.25, -0.2) is 0 Å². The second kappa shape index (κ2) is 11.4. The normalized spacial score (nSPS) is 16.5. The Bertz CT molecular complexity index is 758. The van der Waals surface area contributed by atoms with Crippen molar-refractivity contribution in [3.8, 4) is 5.75 Å². The van der Waals surface area contributed by atoms with Crippen LogP contribution < -0.4 is 20.3 Å². The molecule has 29 heavy (non-hydrogen) atoms. The van der Waals surface area contributed by atoms with Gasteiger partial charge < -0.3 is 20.3 Å². The van der Waals surface area contributed by atoms with Gasteiger partial charge in [0.1, 0.15) is 5.75 Å². The molecule has 3 rings (SSSR count). The van der Waals surface area contributed by atoms with Gasteiger partial charge >= 0.3 is 0 Å². The first kappa shape index (κ1) is 21.8. The van der Waals surface area contributed by atoms with Crippen molar-refractivity contribution >= 4 is 34.1 Å². The number of piperidine rings is 1. The van der Waals surface area contributed by atoms with Crippen molar-refractivity contribution in [1.82, 2.24) is 10.6 Å². The summed E-state index contributed by atoms with van der Waals surface area (Å²) in [5.74, 6) is 3.41. The first-order valence-corrected chi connectivity index (χ1v) is 12.1. The van der Waals surface area contributed by atoms with Gasteiger partial charge in [-0.05, 0) is 48.4 Å². The molecule has 2 N–H and O–H groups in total. The fraction of sp³-hybridized carbons (Fsp3) is 0.500. The molecule has 1 unspecified atom stereocenters. The summed E-state index contributed by atoms with van der Waals surface area (Å²) in [5, 5.41) is 10.6. The summed E-state index contributed by atoms with van der Waals surface area (Å²) in [6, 6.07) is 13.0. The molecule has 1 aliphatic rings. The van der Waals surface area contributed by atoms with Crippen molar-refractivity contribution in [3.05, 3.63) is 41.8 Å². The van der Waals surface area contributed by atoms with Crippen LogP contribution in [0.25, 0.3) is 0 Å². The lowest BCUT2D eigenvalue weighted by atomic mass is 10.1. The van der Waals surface area contributed by atoms with Crippen molar-refractivity contribution in [2.45, 2.75) is 30.7 Å². The predicted octanol–water partition coefficient (Wildman–Crippen LogP) is 4.32. The molecule has 0 radical (unpaired) electrons. The molecule has 158 valence electrons. The molecule has 0 bridgehead atoms. The zero-order valence-corrected chi connectivity index (χ0v) is 19.2. The number of thioether (sulfide) groups is 1. The molecule has 1 aromatic heterocycles. The molecule has 2 aromatic rings. The van der Waals surface area contributed by atoms with Gasteiger partial charge in [0.25, 0.3) is 0 Å². The number of hydrogen-bond acceptors (Lipinski definition) is 5. The smallest absolute Gasteiger partial charge is 0.191 e. The minimum absolute atomic E-state index is 0.482. The van der Waals surface area contributed by atoms with Crippen LogP contribution >= 0.6 is 23.1 Å². The van der Waals surface area contributed by atoms with Crippen molar-refractivity contribution < 1.29 is 4.74 Å². The highest BCUT2D eigenvalue weighted by Gasteiger charge is 2.20. The molecule has 5 nitrogen and oxygen atoms in total. The van der Waals surface area contributed by atoms with E-state index in [4.69, 9.17) is 4.74 Å². The fourth-order valence-electron chi connectivity index (χ4n) is 3.38. The molecule has 1 atom stereocenters. The monoisotopic (exact) mass is 432 g/mol. The van der Waals surface area contributed by atoms with Crippen LogP contribution in [0.15, 0.2) is 51.7 Å². The number of thiophene rings is 1. The molecule has 0 saturated carbocycles. The van der Waals surface area contributed by atoms with Crippen LogP contribution in [0.2, 0.25) is 0 Å². The van der Waals surface area contributed by atoms with Crippen LogP contribution in [-0.4, -0.2) is 51.5 Å². The van der Waals surface area contributed by atoms with Crippen LogP contribution in [0.5, 0.6) is 5.75 Å². The van der Waals surface area contributed by atoms with E-state index in [9.17, 15) is 0 Å². The number of rotatable bonds is 8. The molecule has 1 fully saturated rings. The Hall–Kier alpha value is -1.86. The Morgan fingerprint density at radius 1 is 1.28 bits per heavy atom. The second-order valence-corrected chi connectivity index (χ2v) is 9.37. The lowest BCUT2D eigenvalue weighted by molar-refractivity contribution is 0.405. The Kier molecular flexibility index (Phi) is 8.55. The molecule has 0 spiro atoms. The van der Waals surface area contributed by atoms with Gasteiger partial charge in [-0.3, -0.25) is 4.99 Å². The second-order valence-electron chi connectivity index (χ2n) is 7.38. The Morgan fingerprint density at radius 2 is 2.07 bits per heavy atom. The largest absolute Gasteiger partial charge is 0.496 e. The molecule has 7 heteroatoms. The van der Waals surface area contributed by atoms with Gasteiger partial charge in [0.05, 0.1) is 12.1 Å². The van der Waals surface area contributed by atoms with Crippen molar-refractivity contribution in [2.24, 2.45) is 10.9 Å². The Labute approximate surface area is 182 Å². The SMILES string of the molecule is CN=C(NCC(C)CSc1ccccc1OC)NC1CCN(c2cccs2)CC1. The first-order valence-electron chi connectivity index (χ1n) is 10.2. The zero-order chi connectivity index (χ0) is 20.5. The predicted molar refractivity (Wildman–Crippen MR) is 127 cm³/mol. The maximum absolute atomic E-state index is 5.44. The molecule has 0 amide bonds. The third-order valence-corrected chi connectivity index (χ3v) is 7.40. The Balaban J connectivity index is 1.38. The molecular formula is C22H32N4OS2. The van der Waals surface area contributed by atoms with Crippen LogP contribution in [0.3, 0.4) is 0 Å². The lowest BCUT2D eigenvalue weighted by Gasteiger charge is -2.33. The van der Waals surface area contributed by atoms with Gasteiger partial charge in [-0.2, -0.15) is 0 Å². The van der Waals surface area contributed by atoms with Crippen molar-refractivity contribution in [1.29, 1.82) is 0 Å². The lowest BCUT2D eigenvalue weighted by Crippen LogP contribution is -2.49. The number of hydrogen-bond donors (Lipinski definition) is 2. The number of anilines is 1. The van der Waals surface area contributed by atoms with Crippen molar-refractivity contribution in [3.63, 3.8) is 0 Å². The molecule has 2 heterocycles. The van der Waals surface area contributed by atoms with Gasteiger partial charge in [-0.1, -0.05) is 19.1 Å². The highest BCUT2D eigenvalue weighted by molar-refractivity contribution is 7.99. The van der Waals surface area contributed by atoms with Gasteiger partial charge in [-0.15, -0.1) is 23.1 Å². The third-order valence-electron chi connectivity index (χ3n) is 5.09. The number of guanidine groups is 1. The number of methoxy groups -OCH3 is 1. The van der Waals surface area contributed by atoms with E-state index in [2.05, 4.69) is 57.1 Å². The number of aliphatic imine (C=N–C) groups is 1. The van der Waals surface area contributed by atoms with E-state index >= 15 is 0 Å². The van der Waals surface area contributed by atoms with Crippen LogP contribution in [0, 0.1) is 5.92 Å².